The second-order valence-electron chi connectivity index (χ2n) is 6.31. The van der Waals surface area contributed by atoms with Gasteiger partial charge in [0.25, 0.3) is 0 Å². The Morgan fingerprint density at radius 1 is 1.48 bits per heavy atom. The molecule has 0 aliphatic carbocycles. The van der Waals surface area contributed by atoms with Crippen LogP contribution in [0.1, 0.15) is 39.3 Å². The van der Waals surface area contributed by atoms with E-state index in [4.69, 9.17) is 4.74 Å². The highest BCUT2D eigenvalue weighted by Crippen LogP contribution is 2.24. The molecule has 2 rings (SSSR count). The molecule has 21 heavy (non-hydrogen) atoms. The fraction of sp³-hybridized carbons (Fsp3) is 0.625. The van der Waals surface area contributed by atoms with Gasteiger partial charge in [-0.2, -0.15) is 11.8 Å². The van der Waals surface area contributed by atoms with Gasteiger partial charge in [0, 0.05) is 30.3 Å². The number of hydrogen-bond acceptors (Lipinski definition) is 4. The third-order valence-corrected chi connectivity index (χ3v) is 4.41. The van der Waals surface area contributed by atoms with Crippen LogP contribution in [0.25, 0.3) is 0 Å². The topological polar surface area (TPSA) is 42.4 Å². The molecule has 1 atom stereocenters. The number of carbonyl (C=O) groups is 1. The van der Waals surface area contributed by atoms with E-state index < -0.39 is 5.60 Å². The molecule has 0 aromatic carbocycles. The molecule has 1 saturated heterocycles. The molecule has 1 aromatic heterocycles. The summed E-state index contributed by atoms with van der Waals surface area (Å²) in [5.74, 6) is 1.83. The first-order valence-electron chi connectivity index (χ1n) is 7.43. The molecule has 1 aromatic rings. The first-order valence-corrected chi connectivity index (χ1v) is 8.58. The normalized spacial score (nSPS) is 18.8. The van der Waals surface area contributed by atoms with Crippen molar-refractivity contribution in [3.8, 4) is 0 Å². The largest absolute Gasteiger partial charge is 0.444 e. The molecular formula is C16H24N2O2S. The molecule has 1 fully saturated rings. The Bertz CT molecular complexity index is 459. The van der Waals surface area contributed by atoms with Crippen molar-refractivity contribution in [1.29, 1.82) is 0 Å². The van der Waals surface area contributed by atoms with Crippen molar-refractivity contribution in [2.24, 2.45) is 0 Å². The summed E-state index contributed by atoms with van der Waals surface area (Å²) in [6.07, 6.45) is 3.77. The number of thioether (sulfide) groups is 1. The second-order valence-corrected chi connectivity index (χ2v) is 7.34. The summed E-state index contributed by atoms with van der Waals surface area (Å²) in [5, 5.41) is 0. The van der Waals surface area contributed by atoms with E-state index in [1.54, 1.807) is 0 Å². The zero-order valence-electron chi connectivity index (χ0n) is 13.0. The van der Waals surface area contributed by atoms with Crippen LogP contribution >= 0.6 is 11.8 Å². The predicted molar refractivity (Wildman–Crippen MR) is 86.4 cm³/mol. The summed E-state index contributed by atoms with van der Waals surface area (Å²) in [6.45, 7) is 6.53. The minimum Gasteiger partial charge on any atom is -0.444 e. The van der Waals surface area contributed by atoms with Gasteiger partial charge < -0.3 is 9.64 Å². The molecule has 116 valence electrons. The minimum absolute atomic E-state index is 0.177. The van der Waals surface area contributed by atoms with Crippen molar-refractivity contribution in [3.05, 3.63) is 30.1 Å². The molecule has 1 aliphatic heterocycles. The van der Waals surface area contributed by atoms with E-state index in [-0.39, 0.29) is 12.1 Å². The van der Waals surface area contributed by atoms with Crippen LogP contribution in [0.2, 0.25) is 0 Å². The molecule has 2 heterocycles. The van der Waals surface area contributed by atoms with Gasteiger partial charge in [0.1, 0.15) is 5.60 Å². The summed E-state index contributed by atoms with van der Waals surface area (Å²) in [4.78, 5) is 18.4. The van der Waals surface area contributed by atoms with Crippen molar-refractivity contribution in [2.45, 2.75) is 51.0 Å². The van der Waals surface area contributed by atoms with Crippen molar-refractivity contribution < 1.29 is 9.53 Å². The SMILES string of the molecule is CC(C)(C)OC(=O)N1CCC[C@@H]1CSCc1ccccn1. The zero-order chi connectivity index (χ0) is 15.3. The van der Waals surface area contributed by atoms with Crippen molar-refractivity contribution >= 4 is 17.9 Å². The van der Waals surface area contributed by atoms with E-state index in [2.05, 4.69) is 4.98 Å². The molecule has 0 saturated carbocycles. The van der Waals surface area contributed by atoms with Crippen molar-refractivity contribution in [2.75, 3.05) is 12.3 Å². The molecule has 0 bridgehead atoms. The van der Waals surface area contributed by atoms with Gasteiger partial charge in [-0.1, -0.05) is 6.07 Å². The molecule has 4 nitrogen and oxygen atoms in total. The number of carbonyl (C=O) groups excluding carboxylic acids is 1. The third-order valence-electron chi connectivity index (χ3n) is 3.29. The highest BCUT2D eigenvalue weighted by molar-refractivity contribution is 7.98. The van der Waals surface area contributed by atoms with E-state index in [1.165, 1.54) is 0 Å². The van der Waals surface area contributed by atoms with Crippen LogP contribution in [-0.2, 0) is 10.5 Å². The number of likely N-dealkylation sites (tertiary alicyclic amines) is 1. The maximum atomic E-state index is 12.2. The molecule has 0 unspecified atom stereocenters. The number of pyridine rings is 1. The third kappa shape index (κ3) is 5.23. The molecular weight excluding hydrogens is 284 g/mol. The lowest BCUT2D eigenvalue weighted by Crippen LogP contribution is -2.40. The number of amides is 1. The summed E-state index contributed by atoms with van der Waals surface area (Å²) >= 11 is 1.83. The van der Waals surface area contributed by atoms with E-state index in [1.807, 2.05) is 61.8 Å². The van der Waals surface area contributed by atoms with Gasteiger partial charge in [-0.25, -0.2) is 4.79 Å². The Labute approximate surface area is 131 Å². The Kier molecular flexibility index (Phi) is 5.51. The van der Waals surface area contributed by atoms with Crippen LogP contribution in [0.5, 0.6) is 0 Å². The lowest BCUT2D eigenvalue weighted by molar-refractivity contribution is 0.0242. The van der Waals surface area contributed by atoms with Gasteiger partial charge in [0.2, 0.25) is 0 Å². The zero-order valence-corrected chi connectivity index (χ0v) is 13.9. The van der Waals surface area contributed by atoms with Gasteiger partial charge in [-0.15, -0.1) is 0 Å². The molecule has 1 aliphatic rings. The number of nitrogens with zero attached hydrogens (tertiary/aromatic N) is 2. The number of aromatic nitrogens is 1. The predicted octanol–water partition coefficient (Wildman–Crippen LogP) is 3.71. The molecule has 5 heteroatoms. The second kappa shape index (κ2) is 7.16. The first-order chi connectivity index (χ1) is 9.96. The van der Waals surface area contributed by atoms with E-state index in [0.29, 0.717) is 0 Å². The van der Waals surface area contributed by atoms with Gasteiger partial charge in [-0.05, 0) is 45.7 Å². The minimum atomic E-state index is -0.425. The standard InChI is InChI=1S/C16H24N2O2S/c1-16(2,3)20-15(19)18-10-6-8-14(18)12-21-11-13-7-4-5-9-17-13/h4-5,7,9,14H,6,8,10-12H2,1-3H3/t14-/m1/s1. The van der Waals surface area contributed by atoms with Crippen LogP contribution < -0.4 is 0 Å². The summed E-state index contributed by atoms with van der Waals surface area (Å²) in [5.41, 5.74) is 0.662. The highest BCUT2D eigenvalue weighted by atomic mass is 32.2. The number of rotatable bonds is 4. The van der Waals surface area contributed by atoms with Crippen LogP contribution in [0.3, 0.4) is 0 Å². The molecule has 0 radical (unpaired) electrons. The maximum absolute atomic E-state index is 12.2. The average molecular weight is 308 g/mol. The lowest BCUT2D eigenvalue weighted by Gasteiger charge is -2.28. The summed E-state index contributed by atoms with van der Waals surface area (Å²) in [7, 11) is 0. The van der Waals surface area contributed by atoms with E-state index >= 15 is 0 Å². The van der Waals surface area contributed by atoms with Gasteiger partial charge in [0.15, 0.2) is 0 Å². The Balaban J connectivity index is 1.80. The van der Waals surface area contributed by atoms with E-state index in [9.17, 15) is 4.79 Å². The van der Waals surface area contributed by atoms with Crippen LogP contribution in [0, 0.1) is 0 Å². The fourth-order valence-corrected chi connectivity index (χ4v) is 3.47. The Morgan fingerprint density at radius 3 is 2.95 bits per heavy atom. The molecule has 1 amide bonds. The van der Waals surface area contributed by atoms with Gasteiger partial charge in [-0.3, -0.25) is 4.98 Å². The first kappa shape index (κ1) is 16.1. The van der Waals surface area contributed by atoms with E-state index in [0.717, 1.165) is 36.6 Å². The van der Waals surface area contributed by atoms with Gasteiger partial charge >= 0.3 is 6.09 Å². The summed E-state index contributed by atoms with van der Waals surface area (Å²) in [6, 6.07) is 6.25. The Morgan fingerprint density at radius 2 is 2.29 bits per heavy atom. The quantitative estimate of drug-likeness (QED) is 0.850. The number of hydrogen-bond donors (Lipinski definition) is 0. The Hall–Kier alpha value is -1.23. The monoisotopic (exact) mass is 308 g/mol. The van der Waals surface area contributed by atoms with Gasteiger partial charge in [0.05, 0.1) is 5.69 Å². The fourth-order valence-electron chi connectivity index (χ4n) is 2.35. The van der Waals surface area contributed by atoms with Crippen molar-refractivity contribution in [3.63, 3.8) is 0 Å². The number of ether oxygens (including phenoxy) is 1. The highest BCUT2D eigenvalue weighted by Gasteiger charge is 2.31. The maximum Gasteiger partial charge on any atom is 0.410 e. The van der Waals surface area contributed by atoms with Crippen LogP contribution in [0.4, 0.5) is 4.79 Å². The summed E-state index contributed by atoms with van der Waals surface area (Å²) < 4.78 is 5.48. The average Bonchev–Trinajstić information content (AvgIpc) is 2.86. The van der Waals surface area contributed by atoms with Crippen LogP contribution in [0.15, 0.2) is 24.4 Å². The van der Waals surface area contributed by atoms with Crippen LogP contribution in [-0.4, -0.2) is 39.9 Å². The lowest BCUT2D eigenvalue weighted by atomic mass is 10.2. The van der Waals surface area contributed by atoms with Crippen molar-refractivity contribution in [1.82, 2.24) is 9.88 Å². The molecule has 0 spiro atoms. The smallest absolute Gasteiger partial charge is 0.410 e. The molecule has 0 N–H and O–H groups in total.